The molecule has 2 aromatic heterocycles. The van der Waals surface area contributed by atoms with Gasteiger partial charge >= 0.3 is 0 Å². The number of methoxy groups -OCH3 is 2. The first-order chi connectivity index (χ1) is 28.1. The topological polar surface area (TPSA) is 142 Å². The van der Waals surface area contributed by atoms with Gasteiger partial charge in [-0.2, -0.15) is 5.26 Å². The van der Waals surface area contributed by atoms with Crippen molar-refractivity contribution in [2.75, 3.05) is 41.5 Å². The van der Waals surface area contributed by atoms with Crippen LogP contribution < -0.4 is 9.47 Å². The van der Waals surface area contributed by atoms with Gasteiger partial charge in [-0.25, -0.2) is 24.6 Å². The number of nitrogens with zero attached hydrogens (tertiary/aromatic N) is 8. The summed E-state index contributed by atoms with van der Waals surface area (Å²) in [5.74, 6) is 1.91. The van der Waals surface area contributed by atoms with Crippen LogP contribution in [0.4, 0.5) is 5.82 Å². The number of rotatable bonds is 19. The number of imidazole rings is 1. The van der Waals surface area contributed by atoms with Crippen molar-refractivity contribution in [1.29, 1.82) is 5.26 Å². The standard InChI is InChI=1S/C43H53N8O6P/c1-30(2)51(31(3)4)58(55-24-12-23-44)57-37-25-39(50-29-47-40-41(48-28-49(5)6)45-27-46-42(40)50)56-38(37)26-54-43(32-13-10-9-11-14-32,33-15-19-35(52-7)20-16-33)34-17-21-36(53-8)22-18-34/h9-11,13-22,27-31,37-39H,12,24-26H2,1-8H3/b48-28+/t37-,38+,39+,58?/m0/s1. The number of benzene rings is 3. The molecule has 306 valence electrons. The van der Waals surface area contributed by atoms with E-state index in [0.29, 0.717) is 23.4 Å². The Balaban J connectivity index is 1.44. The Morgan fingerprint density at radius 1 is 0.914 bits per heavy atom. The van der Waals surface area contributed by atoms with E-state index in [0.717, 1.165) is 28.2 Å². The van der Waals surface area contributed by atoms with Gasteiger partial charge in [-0.15, -0.1) is 0 Å². The fourth-order valence-corrected chi connectivity index (χ4v) is 8.90. The second-order valence-electron chi connectivity index (χ2n) is 14.6. The van der Waals surface area contributed by atoms with Crippen LogP contribution in [0.3, 0.4) is 0 Å². The van der Waals surface area contributed by atoms with Crippen LogP contribution in [0.25, 0.3) is 11.2 Å². The molecule has 0 radical (unpaired) electrons. The van der Waals surface area contributed by atoms with Crippen LogP contribution in [0.2, 0.25) is 0 Å². The molecule has 0 spiro atoms. The smallest absolute Gasteiger partial charge is 0.259 e. The number of aliphatic imine (C=N–C) groups is 1. The predicted molar refractivity (Wildman–Crippen MR) is 224 cm³/mol. The zero-order valence-corrected chi connectivity index (χ0v) is 35.3. The molecule has 14 nitrogen and oxygen atoms in total. The number of ether oxygens (including phenoxy) is 4. The molecule has 0 aliphatic carbocycles. The lowest BCUT2D eigenvalue weighted by Gasteiger charge is -2.39. The third-order valence-corrected chi connectivity index (χ3v) is 11.9. The van der Waals surface area contributed by atoms with Crippen LogP contribution in [-0.4, -0.2) is 101 Å². The van der Waals surface area contributed by atoms with Crippen LogP contribution in [-0.2, 0) is 24.1 Å². The van der Waals surface area contributed by atoms with E-state index >= 15 is 0 Å². The molecule has 1 aliphatic rings. The number of nitriles is 1. The Bertz CT molecular complexity index is 2070. The molecule has 15 heteroatoms. The van der Waals surface area contributed by atoms with Crippen molar-refractivity contribution < 1.29 is 28.0 Å². The average Bonchev–Trinajstić information content (AvgIpc) is 3.85. The van der Waals surface area contributed by atoms with E-state index in [1.165, 1.54) is 6.33 Å². The quantitative estimate of drug-likeness (QED) is 0.0262. The van der Waals surface area contributed by atoms with E-state index in [2.05, 4.69) is 70.5 Å². The predicted octanol–water partition coefficient (Wildman–Crippen LogP) is 8.02. The first-order valence-electron chi connectivity index (χ1n) is 19.4. The van der Waals surface area contributed by atoms with Gasteiger partial charge in [0, 0.05) is 32.6 Å². The van der Waals surface area contributed by atoms with Crippen molar-refractivity contribution in [2.24, 2.45) is 4.99 Å². The number of fused-ring (bicyclic) bond motifs is 1. The van der Waals surface area contributed by atoms with Crippen molar-refractivity contribution in [3.8, 4) is 17.6 Å². The highest BCUT2D eigenvalue weighted by atomic mass is 31.2. The molecule has 3 heterocycles. The van der Waals surface area contributed by atoms with Gasteiger partial charge in [0.05, 0.1) is 58.7 Å². The summed E-state index contributed by atoms with van der Waals surface area (Å²) < 4.78 is 43.0. The number of hydrogen-bond acceptors (Lipinski definition) is 12. The van der Waals surface area contributed by atoms with Crippen LogP contribution in [0.1, 0.15) is 63.5 Å². The summed E-state index contributed by atoms with van der Waals surface area (Å²) in [7, 11) is 5.47. The van der Waals surface area contributed by atoms with Crippen molar-refractivity contribution in [3.63, 3.8) is 0 Å². The molecule has 3 aromatic carbocycles. The van der Waals surface area contributed by atoms with E-state index in [4.69, 9.17) is 28.0 Å². The molecule has 0 N–H and O–H groups in total. The molecule has 5 aromatic rings. The van der Waals surface area contributed by atoms with Crippen LogP contribution in [0.15, 0.2) is 96.5 Å². The highest BCUT2D eigenvalue weighted by Crippen LogP contribution is 2.51. The highest BCUT2D eigenvalue weighted by molar-refractivity contribution is 7.44. The molecule has 6 rings (SSSR count). The third-order valence-electron chi connectivity index (χ3n) is 9.77. The van der Waals surface area contributed by atoms with E-state index in [9.17, 15) is 5.26 Å². The second kappa shape index (κ2) is 19.6. The molecule has 1 saturated heterocycles. The van der Waals surface area contributed by atoms with Gasteiger partial charge in [-0.3, -0.25) is 4.57 Å². The molecule has 1 fully saturated rings. The third kappa shape index (κ3) is 9.48. The van der Waals surface area contributed by atoms with Crippen molar-refractivity contribution in [2.45, 2.75) is 76.7 Å². The maximum absolute atomic E-state index is 9.40. The number of aromatic nitrogens is 4. The number of hydrogen-bond donors (Lipinski definition) is 0. The van der Waals surface area contributed by atoms with E-state index in [1.54, 1.807) is 26.9 Å². The highest BCUT2D eigenvalue weighted by Gasteiger charge is 2.45. The summed E-state index contributed by atoms with van der Waals surface area (Å²) in [5, 5.41) is 9.40. The fourth-order valence-electron chi connectivity index (χ4n) is 7.14. The lowest BCUT2D eigenvalue weighted by atomic mass is 9.80. The Morgan fingerprint density at radius 2 is 1.53 bits per heavy atom. The van der Waals surface area contributed by atoms with Gasteiger partial charge in [0.2, 0.25) is 0 Å². The molecule has 4 atom stereocenters. The minimum Gasteiger partial charge on any atom is -0.497 e. The van der Waals surface area contributed by atoms with E-state index in [-0.39, 0.29) is 31.7 Å². The Hall–Kier alpha value is -5.00. The summed E-state index contributed by atoms with van der Waals surface area (Å²) in [6, 6.07) is 28.4. The summed E-state index contributed by atoms with van der Waals surface area (Å²) >= 11 is 0. The lowest BCUT2D eigenvalue weighted by molar-refractivity contribution is -0.0912. The Labute approximate surface area is 342 Å². The largest absolute Gasteiger partial charge is 0.497 e. The van der Waals surface area contributed by atoms with Crippen LogP contribution in [0, 0.1) is 11.3 Å². The molecule has 0 bridgehead atoms. The van der Waals surface area contributed by atoms with Crippen molar-refractivity contribution >= 4 is 31.8 Å². The summed E-state index contributed by atoms with van der Waals surface area (Å²) in [4.78, 5) is 20.0. The fraction of sp³-hybridized carbons (Fsp3) is 0.419. The SMILES string of the molecule is COc1ccc(C(OC[C@H]2O[C@@H](n3cnc4c(/N=C/N(C)C)ncnc43)C[C@@H]2OP(OCCC#N)N(C(C)C)C(C)C)(c2ccccc2)c2ccc(OC)cc2)cc1. The van der Waals surface area contributed by atoms with E-state index < -0.39 is 32.6 Å². The molecular formula is C43H53N8O6P. The molecular weight excluding hydrogens is 755 g/mol. The molecule has 1 aliphatic heterocycles. The van der Waals surface area contributed by atoms with Gasteiger partial charge in [-0.1, -0.05) is 54.6 Å². The second-order valence-corrected chi connectivity index (χ2v) is 16.0. The maximum atomic E-state index is 9.40. The van der Waals surface area contributed by atoms with Crippen LogP contribution in [0.5, 0.6) is 11.5 Å². The Morgan fingerprint density at radius 3 is 2.10 bits per heavy atom. The molecule has 0 amide bonds. The zero-order chi connectivity index (χ0) is 41.2. The van der Waals surface area contributed by atoms with Crippen molar-refractivity contribution in [3.05, 3.63) is 108 Å². The van der Waals surface area contributed by atoms with E-state index in [1.807, 2.05) is 90.3 Å². The van der Waals surface area contributed by atoms with Gasteiger partial charge in [0.1, 0.15) is 35.8 Å². The average molecular weight is 809 g/mol. The first-order valence-corrected chi connectivity index (χ1v) is 20.5. The van der Waals surface area contributed by atoms with Gasteiger partial charge in [0.15, 0.2) is 17.0 Å². The summed E-state index contributed by atoms with van der Waals surface area (Å²) in [6.45, 7) is 8.83. The van der Waals surface area contributed by atoms with Gasteiger partial charge in [-0.05, 0) is 68.7 Å². The van der Waals surface area contributed by atoms with Crippen molar-refractivity contribution in [1.82, 2.24) is 29.1 Å². The summed E-state index contributed by atoms with van der Waals surface area (Å²) in [5.41, 5.74) is 2.76. The minimum absolute atomic E-state index is 0.104. The molecule has 58 heavy (non-hydrogen) atoms. The van der Waals surface area contributed by atoms with Gasteiger partial charge < -0.3 is 32.9 Å². The first kappa shape index (κ1) is 42.6. The van der Waals surface area contributed by atoms with Crippen LogP contribution >= 0.6 is 8.53 Å². The molecule has 0 saturated carbocycles. The molecule has 1 unspecified atom stereocenters. The lowest BCUT2D eigenvalue weighted by Crippen LogP contribution is -2.39. The van der Waals surface area contributed by atoms with Gasteiger partial charge in [0.25, 0.3) is 8.53 Å². The Kier molecular flexibility index (Phi) is 14.4. The maximum Gasteiger partial charge on any atom is 0.259 e. The monoisotopic (exact) mass is 808 g/mol. The summed E-state index contributed by atoms with van der Waals surface area (Å²) in [6.07, 6.45) is 3.94. The minimum atomic E-state index is -1.62. The normalized spacial score (nSPS) is 17.7. The zero-order valence-electron chi connectivity index (χ0n) is 34.4.